The average molecular weight is 583 g/mol. The Morgan fingerprint density at radius 2 is 0.825 bits per heavy atom. The molecular formula is C30H32O8P2. The molecule has 0 saturated carbocycles. The van der Waals surface area contributed by atoms with Crippen molar-refractivity contribution >= 4 is 17.2 Å². The minimum absolute atomic E-state index is 0.315. The standard InChI is InChI=1S/C30H32O8P2/c1-19-7-11-27(21(3)15-19)35-39(31)37-29-13-9-23(33-5)17-25(29)26-18-24(34-6)10-14-30(26)38-40(32)36-28-12-8-20(2)16-22(28)4/h7-18,31-32H,1-6H3. The Bertz CT molecular complexity index is 1370. The third-order valence-electron chi connectivity index (χ3n) is 6.03. The van der Waals surface area contributed by atoms with Crippen molar-refractivity contribution in [3.63, 3.8) is 0 Å². The van der Waals surface area contributed by atoms with Gasteiger partial charge in [-0.15, -0.1) is 0 Å². The monoisotopic (exact) mass is 582 g/mol. The van der Waals surface area contributed by atoms with E-state index in [4.69, 9.17) is 27.6 Å². The summed E-state index contributed by atoms with van der Waals surface area (Å²) in [4.78, 5) is 21.5. The zero-order valence-electron chi connectivity index (χ0n) is 23.2. The van der Waals surface area contributed by atoms with Gasteiger partial charge in [0.25, 0.3) is 0 Å². The van der Waals surface area contributed by atoms with E-state index < -0.39 is 17.2 Å². The number of aryl methyl sites for hydroxylation is 4. The van der Waals surface area contributed by atoms with Gasteiger partial charge in [0.15, 0.2) is 0 Å². The predicted molar refractivity (Wildman–Crippen MR) is 158 cm³/mol. The number of hydrogen-bond donors (Lipinski definition) is 2. The molecule has 0 saturated heterocycles. The van der Waals surface area contributed by atoms with Crippen LogP contribution in [0.25, 0.3) is 11.1 Å². The first-order valence-electron chi connectivity index (χ1n) is 12.4. The Morgan fingerprint density at radius 1 is 0.475 bits per heavy atom. The zero-order chi connectivity index (χ0) is 28.8. The molecule has 2 atom stereocenters. The average Bonchev–Trinajstić information content (AvgIpc) is 2.92. The molecule has 0 spiro atoms. The number of benzene rings is 4. The van der Waals surface area contributed by atoms with E-state index in [2.05, 4.69) is 0 Å². The summed E-state index contributed by atoms with van der Waals surface area (Å²) >= 11 is 0. The lowest BCUT2D eigenvalue weighted by Crippen LogP contribution is -2.00. The van der Waals surface area contributed by atoms with Crippen molar-refractivity contribution in [2.75, 3.05) is 14.2 Å². The van der Waals surface area contributed by atoms with Crippen molar-refractivity contribution in [2.24, 2.45) is 0 Å². The van der Waals surface area contributed by atoms with Crippen LogP contribution in [-0.2, 0) is 0 Å². The summed E-state index contributed by atoms with van der Waals surface area (Å²) in [7, 11) is -1.58. The van der Waals surface area contributed by atoms with E-state index in [1.165, 1.54) is 0 Å². The molecule has 0 bridgehead atoms. The van der Waals surface area contributed by atoms with Crippen LogP contribution in [0.15, 0.2) is 72.8 Å². The summed E-state index contributed by atoms with van der Waals surface area (Å²) < 4.78 is 34.2. The van der Waals surface area contributed by atoms with E-state index in [-0.39, 0.29) is 0 Å². The second kappa shape index (κ2) is 13.2. The number of ether oxygens (including phenoxy) is 2. The van der Waals surface area contributed by atoms with E-state index in [0.717, 1.165) is 22.3 Å². The Hall–Kier alpha value is -3.54. The van der Waals surface area contributed by atoms with Gasteiger partial charge in [-0.05, 0) is 87.4 Å². The van der Waals surface area contributed by atoms with Crippen LogP contribution in [-0.4, -0.2) is 24.0 Å². The Balaban J connectivity index is 1.65. The fourth-order valence-corrected chi connectivity index (χ4v) is 5.51. The zero-order valence-corrected chi connectivity index (χ0v) is 25.0. The highest BCUT2D eigenvalue weighted by molar-refractivity contribution is 7.41. The summed E-state index contributed by atoms with van der Waals surface area (Å²) in [5.74, 6) is 2.77. The van der Waals surface area contributed by atoms with E-state index >= 15 is 0 Å². The molecule has 4 aromatic carbocycles. The van der Waals surface area contributed by atoms with Crippen LogP contribution in [0.3, 0.4) is 0 Å². The highest BCUT2D eigenvalue weighted by atomic mass is 31.2. The van der Waals surface area contributed by atoms with Crippen molar-refractivity contribution in [1.82, 2.24) is 0 Å². The maximum Gasteiger partial charge on any atom is 0.460 e. The maximum atomic E-state index is 10.7. The first kappa shape index (κ1) is 29.4. The first-order valence-corrected chi connectivity index (χ1v) is 14.6. The molecule has 10 heteroatoms. The molecular weight excluding hydrogens is 550 g/mol. The molecule has 40 heavy (non-hydrogen) atoms. The van der Waals surface area contributed by atoms with Crippen molar-refractivity contribution in [3.8, 4) is 45.6 Å². The van der Waals surface area contributed by atoms with Crippen molar-refractivity contribution in [2.45, 2.75) is 27.7 Å². The summed E-state index contributed by atoms with van der Waals surface area (Å²) in [6, 6.07) is 21.5. The van der Waals surface area contributed by atoms with Gasteiger partial charge in [0.2, 0.25) is 0 Å². The van der Waals surface area contributed by atoms with E-state index in [9.17, 15) is 9.79 Å². The molecule has 0 aliphatic carbocycles. The van der Waals surface area contributed by atoms with Crippen molar-refractivity contribution in [3.05, 3.63) is 95.1 Å². The molecule has 210 valence electrons. The highest BCUT2D eigenvalue weighted by Crippen LogP contribution is 2.48. The van der Waals surface area contributed by atoms with E-state index in [1.807, 2.05) is 52.0 Å². The van der Waals surface area contributed by atoms with Gasteiger partial charge in [-0.1, -0.05) is 35.4 Å². The molecule has 4 aromatic rings. The second-order valence-corrected chi connectivity index (χ2v) is 10.8. The quantitative estimate of drug-likeness (QED) is 0.172. The molecule has 0 aromatic heterocycles. The van der Waals surface area contributed by atoms with Crippen LogP contribution in [0.1, 0.15) is 22.3 Å². The lowest BCUT2D eigenvalue weighted by molar-refractivity contribution is 0.376. The fourth-order valence-electron chi connectivity index (χ4n) is 4.03. The van der Waals surface area contributed by atoms with Crippen molar-refractivity contribution in [1.29, 1.82) is 0 Å². The normalized spacial score (nSPS) is 12.3. The van der Waals surface area contributed by atoms with Gasteiger partial charge in [-0.25, -0.2) is 0 Å². The fraction of sp³-hybridized carbons (Fsp3) is 0.200. The largest absolute Gasteiger partial charge is 0.497 e. The molecule has 8 nitrogen and oxygen atoms in total. The molecule has 0 aliphatic rings. The smallest absolute Gasteiger partial charge is 0.460 e. The highest BCUT2D eigenvalue weighted by Gasteiger charge is 2.22. The number of rotatable bonds is 11. The summed E-state index contributed by atoms with van der Waals surface area (Å²) in [5, 5.41) is 0. The van der Waals surface area contributed by atoms with Crippen LogP contribution in [0, 0.1) is 27.7 Å². The molecule has 0 fully saturated rings. The van der Waals surface area contributed by atoms with Crippen LogP contribution in [0.5, 0.6) is 34.5 Å². The third-order valence-corrected chi connectivity index (χ3v) is 7.44. The van der Waals surface area contributed by atoms with Gasteiger partial charge in [-0.3, -0.25) is 0 Å². The van der Waals surface area contributed by atoms with Gasteiger partial charge < -0.3 is 37.4 Å². The Morgan fingerprint density at radius 3 is 1.18 bits per heavy atom. The van der Waals surface area contributed by atoms with Crippen LogP contribution in [0.2, 0.25) is 0 Å². The van der Waals surface area contributed by atoms with Gasteiger partial charge in [-0.2, -0.15) is 0 Å². The topological polar surface area (TPSA) is 95.8 Å². The maximum absolute atomic E-state index is 10.7. The molecule has 0 radical (unpaired) electrons. The van der Waals surface area contributed by atoms with Crippen molar-refractivity contribution < 1.29 is 37.4 Å². The van der Waals surface area contributed by atoms with Crippen LogP contribution >= 0.6 is 17.2 Å². The molecule has 0 aliphatic heterocycles. The number of hydrogen-bond acceptors (Lipinski definition) is 8. The Kier molecular flexibility index (Phi) is 9.72. The molecule has 2 N–H and O–H groups in total. The minimum Gasteiger partial charge on any atom is -0.497 e. The summed E-state index contributed by atoms with van der Waals surface area (Å²) in [6.45, 7) is 7.77. The van der Waals surface area contributed by atoms with Gasteiger partial charge in [0, 0.05) is 11.1 Å². The molecule has 0 heterocycles. The minimum atomic E-state index is -2.34. The second-order valence-electron chi connectivity index (χ2n) is 9.10. The molecule has 0 amide bonds. The lowest BCUT2D eigenvalue weighted by atomic mass is 10.0. The SMILES string of the molecule is COc1ccc(OP(O)Oc2ccc(C)cc2C)c(-c2cc(OC)ccc2OP(O)Oc2ccc(C)cc2C)c1. The van der Waals surface area contributed by atoms with E-state index in [0.29, 0.717) is 45.6 Å². The molecule has 2 unspecified atom stereocenters. The van der Waals surface area contributed by atoms with Crippen LogP contribution in [0.4, 0.5) is 0 Å². The predicted octanol–water partition coefficient (Wildman–Crippen LogP) is 7.96. The lowest BCUT2D eigenvalue weighted by Gasteiger charge is -2.20. The van der Waals surface area contributed by atoms with Gasteiger partial charge in [0.05, 0.1) is 14.2 Å². The van der Waals surface area contributed by atoms with Crippen LogP contribution < -0.4 is 27.6 Å². The van der Waals surface area contributed by atoms with Gasteiger partial charge >= 0.3 is 17.2 Å². The third kappa shape index (κ3) is 7.35. The Labute approximate surface area is 237 Å². The number of methoxy groups -OCH3 is 2. The summed E-state index contributed by atoms with van der Waals surface area (Å²) in [6.07, 6.45) is 0. The van der Waals surface area contributed by atoms with E-state index in [1.54, 1.807) is 62.8 Å². The first-order chi connectivity index (χ1) is 19.2. The molecule has 4 rings (SSSR count). The van der Waals surface area contributed by atoms with Gasteiger partial charge in [0.1, 0.15) is 34.5 Å². The summed E-state index contributed by atoms with van der Waals surface area (Å²) in [5.41, 5.74) is 4.97.